The van der Waals surface area contributed by atoms with Gasteiger partial charge in [0, 0.05) is 24.0 Å². The Hall–Kier alpha value is -0.910. The first-order valence-electron chi connectivity index (χ1n) is 7.44. The number of hydrogen-bond acceptors (Lipinski definition) is 3. The van der Waals surface area contributed by atoms with Crippen LogP contribution in [0.25, 0.3) is 0 Å². The molecular formula is C16H20BrNO3. The van der Waals surface area contributed by atoms with E-state index in [1.165, 1.54) is 5.56 Å². The average molecular weight is 354 g/mol. The van der Waals surface area contributed by atoms with Crippen LogP contribution in [0.2, 0.25) is 0 Å². The van der Waals surface area contributed by atoms with Crippen molar-refractivity contribution >= 4 is 21.8 Å². The lowest BCUT2D eigenvalue weighted by molar-refractivity contribution is 0.0160. The van der Waals surface area contributed by atoms with Crippen molar-refractivity contribution in [3.63, 3.8) is 0 Å². The first-order valence-corrected chi connectivity index (χ1v) is 8.56. The van der Waals surface area contributed by atoms with Gasteiger partial charge in [-0.05, 0) is 36.1 Å². The summed E-state index contributed by atoms with van der Waals surface area (Å²) >= 11 is 3.37. The Bertz CT molecular complexity index is 512. The van der Waals surface area contributed by atoms with E-state index >= 15 is 0 Å². The molecule has 21 heavy (non-hydrogen) atoms. The van der Waals surface area contributed by atoms with Crippen molar-refractivity contribution < 1.29 is 14.3 Å². The third kappa shape index (κ3) is 3.47. The van der Waals surface area contributed by atoms with Crippen LogP contribution in [0.5, 0.6) is 0 Å². The number of hydrogen-bond donors (Lipinski definition) is 0. The fourth-order valence-electron chi connectivity index (χ4n) is 2.92. The molecule has 1 amide bonds. The Kier molecular flexibility index (Phi) is 4.93. The number of fused-ring (bicyclic) bond motifs is 1. The number of nitrogens with zero attached hydrogens (tertiary/aromatic N) is 1. The van der Waals surface area contributed by atoms with Crippen LogP contribution in [-0.4, -0.2) is 41.9 Å². The normalized spacial score (nSPS) is 18.8. The smallest absolute Gasteiger partial charge is 0.253 e. The molecule has 2 aliphatic heterocycles. The molecule has 4 nitrogen and oxygen atoms in total. The number of amides is 1. The second-order valence-electron chi connectivity index (χ2n) is 5.53. The molecule has 0 spiro atoms. The maximum atomic E-state index is 12.6. The third-order valence-corrected chi connectivity index (χ3v) is 4.45. The van der Waals surface area contributed by atoms with E-state index in [2.05, 4.69) is 15.9 Å². The molecule has 0 saturated carbocycles. The van der Waals surface area contributed by atoms with Gasteiger partial charge < -0.3 is 14.4 Å². The Morgan fingerprint density at radius 1 is 1.29 bits per heavy atom. The fourth-order valence-corrected chi connectivity index (χ4v) is 3.11. The molecule has 0 aliphatic carbocycles. The maximum absolute atomic E-state index is 12.6. The molecule has 0 radical (unpaired) electrons. The van der Waals surface area contributed by atoms with Crippen molar-refractivity contribution in [2.75, 3.05) is 25.0 Å². The Morgan fingerprint density at radius 2 is 2.05 bits per heavy atom. The van der Waals surface area contributed by atoms with Crippen molar-refractivity contribution in [3.05, 3.63) is 34.9 Å². The van der Waals surface area contributed by atoms with Gasteiger partial charge in [-0.3, -0.25) is 4.79 Å². The maximum Gasteiger partial charge on any atom is 0.253 e. The minimum atomic E-state index is 0.128. The van der Waals surface area contributed by atoms with Crippen molar-refractivity contribution in [2.24, 2.45) is 0 Å². The zero-order valence-electron chi connectivity index (χ0n) is 12.0. The molecule has 2 heterocycles. The van der Waals surface area contributed by atoms with Crippen LogP contribution in [0, 0.1) is 0 Å². The molecule has 0 N–H and O–H groups in total. The lowest BCUT2D eigenvalue weighted by atomic mass is 10.0. The van der Waals surface area contributed by atoms with E-state index in [0.29, 0.717) is 19.3 Å². The number of ether oxygens (including phenoxy) is 2. The van der Waals surface area contributed by atoms with Gasteiger partial charge in [-0.1, -0.05) is 22.0 Å². The molecule has 3 rings (SSSR count). The number of likely N-dealkylation sites (tertiary alicyclic amines) is 1. The number of rotatable bonds is 4. The summed E-state index contributed by atoms with van der Waals surface area (Å²) in [6, 6.07) is 5.92. The summed E-state index contributed by atoms with van der Waals surface area (Å²) in [6.07, 6.45) is 2.14. The highest BCUT2D eigenvalue weighted by Crippen LogP contribution is 2.23. The summed E-state index contributed by atoms with van der Waals surface area (Å²) in [5.41, 5.74) is 3.13. The minimum Gasteiger partial charge on any atom is -0.377 e. The standard InChI is InChI=1S/C16H20BrNO3/c17-5-8-21-15-3-6-18(7-4-15)16(19)12-1-2-13-10-20-11-14(13)9-12/h1-2,9,15H,3-8,10-11H2. The van der Waals surface area contributed by atoms with Gasteiger partial charge in [0.2, 0.25) is 0 Å². The van der Waals surface area contributed by atoms with Crippen LogP contribution in [0.4, 0.5) is 0 Å². The first kappa shape index (κ1) is 15.0. The van der Waals surface area contributed by atoms with Gasteiger partial charge in [0.25, 0.3) is 5.91 Å². The van der Waals surface area contributed by atoms with E-state index in [1.54, 1.807) is 0 Å². The zero-order valence-corrected chi connectivity index (χ0v) is 13.6. The lowest BCUT2D eigenvalue weighted by Gasteiger charge is -2.32. The van der Waals surface area contributed by atoms with E-state index in [9.17, 15) is 4.79 Å². The molecule has 0 aromatic heterocycles. The van der Waals surface area contributed by atoms with Crippen molar-refractivity contribution in [1.29, 1.82) is 0 Å². The summed E-state index contributed by atoms with van der Waals surface area (Å²) in [4.78, 5) is 14.5. The number of halogens is 1. The molecule has 0 unspecified atom stereocenters. The first-order chi connectivity index (χ1) is 10.3. The van der Waals surface area contributed by atoms with Crippen LogP contribution in [0.1, 0.15) is 34.3 Å². The number of piperidine rings is 1. The summed E-state index contributed by atoms with van der Waals surface area (Å²) in [7, 11) is 0. The van der Waals surface area contributed by atoms with Gasteiger partial charge >= 0.3 is 0 Å². The molecule has 0 atom stereocenters. The van der Waals surface area contributed by atoms with Crippen LogP contribution in [0.15, 0.2) is 18.2 Å². The molecule has 5 heteroatoms. The highest BCUT2D eigenvalue weighted by molar-refractivity contribution is 9.09. The number of alkyl halides is 1. The summed E-state index contributed by atoms with van der Waals surface area (Å²) in [5, 5.41) is 0.864. The molecule has 1 fully saturated rings. The minimum absolute atomic E-state index is 0.128. The third-order valence-electron chi connectivity index (χ3n) is 4.13. The number of benzene rings is 1. The lowest BCUT2D eigenvalue weighted by Crippen LogP contribution is -2.41. The van der Waals surface area contributed by atoms with Crippen molar-refractivity contribution in [2.45, 2.75) is 32.2 Å². The Labute approximate surface area is 133 Å². The molecule has 114 valence electrons. The molecule has 0 bridgehead atoms. The Morgan fingerprint density at radius 3 is 2.81 bits per heavy atom. The zero-order chi connectivity index (χ0) is 14.7. The predicted octanol–water partition coefficient (Wildman–Crippen LogP) is 2.73. The van der Waals surface area contributed by atoms with Crippen LogP contribution >= 0.6 is 15.9 Å². The van der Waals surface area contributed by atoms with E-state index in [-0.39, 0.29) is 5.91 Å². The largest absolute Gasteiger partial charge is 0.377 e. The van der Waals surface area contributed by atoms with Gasteiger partial charge in [-0.25, -0.2) is 0 Å². The van der Waals surface area contributed by atoms with Gasteiger partial charge in [0.15, 0.2) is 0 Å². The Balaban J connectivity index is 1.59. The van der Waals surface area contributed by atoms with Crippen LogP contribution in [-0.2, 0) is 22.7 Å². The quantitative estimate of drug-likeness (QED) is 0.781. The highest BCUT2D eigenvalue weighted by atomic mass is 79.9. The van der Waals surface area contributed by atoms with Gasteiger partial charge in [-0.2, -0.15) is 0 Å². The average Bonchev–Trinajstić information content (AvgIpc) is 3.00. The van der Waals surface area contributed by atoms with Crippen LogP contribution in [0.3, 0.4) is 0 Å². The molecule has 1 saturated heterocycles. The monoisotopic (exact) mass is 353 g/mol. The van der Waals surface area contributed by atoms with Crippen molar-refractivity contribution in [3.8, 4) is 0 Å². The molecular weight excluding hydrogens is 334 g/mol. The van der Waals surface area contributed by atoms with Gasteiger partial charge in [0.1, 0.15) is 0 Å². The van der Waals surface area contributed by atoms with Crippen molar-refractivity contribution in [1.82, 2.24) is 4.90 Å². The summed E-state index contributed by atoms with van der Waals surface area (Å²) in [5.74, 6) is 0.128. The molecule has 2 aliphatic rings. The SMILES string of the molecule is O=C(c1ccc2c(c1)COC2)N1CCC(OCCBr)CC1. The number of carbonyl (C=O) groups excluding carboxylic acids is 1. The summed E-state index contributed by atoms with van der Waals surface area (Å²) in [6.45, 7) is 3.58. The van der Waals surface area contributed by atoms with E-state index in [0.717, 1.165) is 49.0 Å². The van der Waals surface area contributed by atoms with E-state index in [4.69, 9.17) is 9.47 Å². The van der Waals surface area contributed by atoms with E-state index in [1.807, 2.05) is 23.1 Å². The fraction of sp³-hybridized carbons (Fsp3) is 0.562. The van der Waals surface area contributed by atoms with Crippen LogP contribution < -0.4 is 0 Å². The second kappa shape index (κ2) is 6.90. The van der Waals surface area contributed by atoms with Gasteiger partial charge in [0.05, 0.1) is 25.9 Å². The topological polar surface area (TPSA) is 38.8 Å². The predicted molar refractivity (Wildman–Crippen MR) is 83.6 cm³/mol. The second-order valence-corrected chi connectivity index (χ2v) is 6.32. The van der Waals surface area contributed by atoms with Gasteiger partial charge in [-0.15, -0.1) is 0 Å². The molecule has 1 aromatic rings. The highest BCUT2D eigenvalue weighted by Gasteiger charge is 2.24. The van der Waals surface area contributed by atoms with E-state index < -0.39 is 0 Å². The summed E-state index contributed by atoms with van der Waals surface area (Å²) < 4.78 is 11.1. The number of carbonyl (C=O) groups is 1. The molecule has 1 aromatic carbocycles.